The molecule has 0 radical (unpaired) electrons. The van der Waals surface area contributed by atoms with E-state index in [9.17, 15) is 8.42 Å². The van der Waals surface area contributed by atoms with Gasteiger partial charge in [0.1, 0.15) is 0 Å². The van der Waals surface area contributed by atoms with Crippen LogP contribution in [0.25, 0.3) is 0 Å². The molecule has 0 spiro atoms. The molecule has 2 N–H and O–H groups in total. The molecule has 0 fully saturated rings. The van der Waals surface area contributed by atoms with Gasteiger partial charge in [0.05, 0.1) is 4.90 Å². The molecular formula is C44H54Cl4N4O2S2. The van der Waals surface area contributed by atoms with Crippen molar-refractivity contribution in [1.29, 1.82) is 0 Å². The molecule has 0 bridgehead atoms. The highest BCUT2D eigenvalue weighted by molar-refractivity contribution is 7.97. The molecule has 0 aromatic heterocycles. The molecule has 4 aromatic rings. The van der Waals surface area contributed by atoms with Crippen molar-refractivity contribution in [2.45, 2.75) is 98.9 Å². The van der Waals surface area contributed by atoms with Gasteiger partial charge in [0.15, 0.2) is 0 Å². The van der Waals surface area contributed by atoms with Crippen molar-refractivity contribution >= 4 is 68.4 Å². The van der Waals surface area contributed by atoms with Crippen LogP contribution in [0.2, 0.25) is 20.1 Å². The van der Waals surface area contributed by atoms with Gasteiger partial charge in [-0.2, -0.15) is 0 Å². The Morgan fingerprint density at radius 2 is 1.11 bits per heavy atom. The van der Waals surface area contributed by atoms with Crippen molar-refractivity contribution < 1.29 is 8.42 Å². The summed E-state index contributed by atoms with van der Waals surface area (Å²) in [7, 11) is 0.588. The Morgan fingerprint density at radius 1 is 0.625 bits per heavy atom. The number of hydrogen-bond acceptors (Lipinski definition) is 6. The Balaban J connectivity index is 0.815. The monoisotopic (exact) mass is 874 g/mol. The second-order valence-electron chi connectivity index (χ2n) is 15.5. The van der Waals surface area contributed by atoms with Gasteiger partial charge in [-0.05, 0) is 121 Å². The van der Waals surface area contributed by atoms with E-state index in [4.69, 9.17) is 46.4 Å². The lowest BCUT2D eigenvalue weighted by Gasteiger charge is -2.33. The standard InChI is InChI=1S/C44H54Cl4N4O2S2/c1-51-27-39(37-23-33(45)25-43(47)41(37)29-51)31-15-13-17-35(21-31)55-49-19-11-9-7-5-3-4-6-8-10-12-20-50-56(53,54)36-18-14-16-32(22-36)40-28-52(2)30-42-38(40)24-34(46)26-44(42)48/h13-18,21-26,39-40,49-50H,3-12,19-20,27-30H2,1-2H3. The maximum Gasteiger partial charge on any atom is 0.240 e. The lowest BCUT2D eigenvalue weighted by molar-refractivity contribution is 0.295. The van der Waals surface area contributed by atoms with Crippen LogP contribution in [0.5, 0.6) is 0 Å². The molecule has 2 aliphatic heterocycles. The number of sulfonamides is 1. The van der Waals surface area contributed by atoms with E-state index in [1.807, 2.05) is 24.3 Å². The SMILES string of the molecule is CN1Cc2c(Cl)cc(Cl)cc2C(c2cccc(SNCCCCCCCCCCCCNS(=O)(=O)c3cccc(C4CN(C)Cc5c(Cl)cc(Cl)cc54)c3)c2)C1. The first kappa shape index (κ1) is 43.8. The maximum atomic E-state index is 13.2. The normalized spacial score (nSPS) is 17.5. The lowest BCUT2D eigenvalue weighted by atomic mass is 9.85. The fourth-order valence-electron chi connectivity index (χ4n) is 8.11. The van der Waals surface area contributed by atoms with E-state index in [1.165, 1.54) is 66.5 Å². The summed E-state index contributed by atoms with van der Waals surface area (Å²) in [6, 6.07) is 23.8. The maximum absolute atomic E-state index is 13.2. The van der Waals surface area contributed by atoms with E-state index >= 15 is 0 Å². The number of nitrogens with zero attached hydrogens (tertiary/aromatic N) is 2. The van der Waals surface area contributed by atoms with Crippen LogP contribution in [0, 0.1) is 0 Å². The average molecular weight is 877 g/mol. The van der Waals surface area contributed by atoms with Crippen LogP contribution in [0.15, 0.2) is 82.6 Å². The van der Waals surface area contributed by atoms with Crippen LogP contribution in [-0.2, 0) is 23.1 Å². The van der Waals surface area contributed by atoms with Crippen molar-refractivity contribution in [3.05, 3.63) is 126 Å². The van der Waals surface area contributed by atoms with Crippen LogP contribution in [0.3, 0.4) is 0 Å². The molecule has 302 valence electrons. The van der Waals surface area contributed by atoms with Crippen molar-refractivity contribution in [3.63, 3.8) is 0 Å². The van der Waals surface area contributed by atoms with Gasteiger partial charge in [0.2, 0.25) is 10.0 Å². The van der Waals surface area contributed by atoms with Gasteiger partial charge in [-0.15, -0.1) is 0 Å². The molecule has 2 atom stereocenters. The summed E-state index contributed by atoms with van der Waals surface area (Å²) in [5.41, 5.74) is 6.77. The first-order chi connectivity index (χ1) is 27.0. The Kier molecular flexibility index (Phi) is 16.3. The molecule has 4 aromatic carbocycles. The smallest absolute Gasteiger partial charge is 0.240 e. The molecule has 2 heterocycles. The number of unbranched alkanes of at least 4 members (excludes halogenated alkanes) is 9. The highest BCUT2D eigenvalue weighted by atomic mass is 35.5. The topological polar surface area (TPSA) is 64.7 Å². The minimum Gasteiger partial charge on any atom is -0.301 e. The molecule has 0 aliphatic carbocycles. The predicted molar refractivity (Wildman–Crippen MR) is 237 cm³/mol. The average Bonchev–Trinajstić information content (AvgIpc) is 3.16. The van der Waals surface area contributed by atoms with Crippen LogP contribution in [-0.4, -0.2) is 58.5 Å². The van der Waals surface area contributed by atoms with Gasteiger partial charge in [-0.3, -0.25) is 4.72 Å². The fourth-order valence-corrected chi connectivity index (χ4v) is 11.1. The molecule has 56 heavy (non-hydrogen) atoms. The molecule has 6 nitrogen and oxygen atoms in total. The van der Waals surface area contributed by atoms with Crippen LogP contribution < -0.4 is 9.44 Å². The van der Waals surface area contributed by atoms with E-state index < -0.39 is 10.0 Å². The Morgan fingerprint density at radius 3 is 1.66 bits per heavy atom. The minimum atomic E-state index is -3.61. The summed E-state index contributed by atoms with van der Waals surface area (Å²) in [5, 5.41) is 2.69. The zero-order valence-corrected chi connectivity index (χ0v) is 37.1. The van der Waals surface area contributed by atoms with Gasteiger partial charge in [-0.1, -0.05) is 122 Å². The Labute approximate surface area is 359 Å². The van der Waals surface area contributed by atoms with Gasteiger partial charge in [-0.25, -0.2) is 13.1 Å². The van der Waals surface area contributed by atoms with Crippen molar-refractivity contribution in [3.8, 4) is 0 Å². The van der Waals surface area contributed by atoms with Crippen LogP contribution >= 0.6 is 58.4 Å². The van der Waals surface area contributed by atoms with Crippen molar-refractivity contribution in [2.75, 3.05) is 40.3 Å². The van der Waals surface area contributed by atoms with Crippen LogP contribution in [0.1, 0.15) is 109 Å². The van der Waals surface area contributed by atoms with Gasteiger partial charge >= 0.3 is 0 Å². The molecular weight excluding hydrogens is 822 g/mol. The number of hydrogen-bond donors (Lipinski definition) is 2. The van der Waals surface area contributed by atoms with Crippen molar-refractivity contribution in [1.82, 2.24) is 19.2 Å². The van der Waals surface area contributed by atoms with Crippen LogP contribution in [0.4, 0.5) is 0 Å². The third-order valence-electron chi connectivity index (χ3n) is 11.0. The number of rotatable bonds is 19. The third kappa shape index (κ3) is 11.9. The van der Waals surface area contributed by atoms with Gasteiger partial charge in [0.25, 0.3) is 0 Å². The number of fused-ring (bicyclic) bond motifs is 2. The summed E-state index contributed by atoms with van der Waals surface area (Å²) in [5.74, 6) is 0.232. The number of benzene rings is 4. The first-order valence-electron chi connectivity index (χ1n) is 19.9. The Hall–Kier alpha value is -1.82. The Bertz CT molecular complexity index is 2050. The lowest BCUT2D eigenvalue weighted by Crippen LogP contribution is -2.31. The molecule has 0 saturated heterocycles. The van der Waals surface area contributed by atoms with Crippen molar-refractivity contribution in [2.24, 2.45) is 0 Å². The molecule has 12 heteroatoms. The van der Waals surface area contributed by atoms with E-state index in [1.54, 1.807) is 30.1 Å². The predicted octanol–water partition coefficient (Wildman–Crippen LogP) is 11.9. The highest BCUT2D eigenvalue weighted by Crippen LogP contribution is 2.40. The first-order valence-corrected chi connectivity index (χ1v) is 23.7. The summed E-state index contributed by atoms with van der Waals surface area (Å²) in [4.78, 5) is 6.05. The molecule has 2 unspecified atom stereocenters. The van der Waals surface area contributed by atoms with E-state index in [0.29, 0.717) is 26.5 Å². The molecule has 0 saturated carbocycles. The number of nitrogens with one attached hydrogen (secondary N) is 2. The minimum absolute atomic E-state index is 0.0116. The summed E-state index contributed by atoms with van der Waals surface area (Å²) < 4.78 is 32.8. The quantitative estimate of drug-likeness (QED) is 0.0723. The van der Waals surface area contributed by atoms with E-state index in [0.717, 1.165) is 73.7 Å². The number of halogens is 4. The third-order valence-corrected chi connectivity index (χ3v) is 14.4. The molecule has 2 aliphatic rings. The van der Waals surface area contributed by atoms with Gasteiger partial charge < -0.3 is 9.80 Å². The summed E-state index contributed by atoms with van der Waals surface area (Å²) in [6.45, 7) is 4.71. The highest BCUT2D eigenvalue weighted by Gasteiger charge is 2.29. The second-order valence-corrected chi connectivity index (χ2v) is 19.9. The zero-order valence-electron chi connectivity index (χ0n) is 32.4. The van der Waals surface area contributed by atoms with E-state index in [-0.39, 0.29) is 11.8 Å². The van der Waals surface area contributed by atoms with Gasteiger partial charge in [0, 0.05) is 76.1 Å². The second kappa shape index (κ2) is 20.9. The van der Waals surface area contributed by atoms with E-state index in [2.05, 4.69) is 63.7 Å². The largest absolute Gasteiger partial charge is 0.301 e. The molecule has 0 amide bonds. The number of likely N-dealkylation sites (N-methyl/N-ethyl adjacent to an activating group) is 2. The summed E-state index contributed by atoms with van der Waals surface area (Å²) in [6.07, 6.45) is 11.6. The summed E-state index contributed by atoms with van der Waals surface area (Å²) >= 11 is 27.6. The zero-order chi connectivity index (χ0) is 39.7. The molecule has 6 rings (SSSR count). The fraction of sp³-hybridized carbons (Fsp3) is 0.455.